The van der Waals surface area contributed by atoms with Gasteiger partial charge in [-0.2, -0.15) is 0 Å². The summed E-state index contributed by atoms with van der Waals surface area (Å²) in [4.78, 5) is 26.7. The molecule has 0 radical (unpaired) electrons. The average Bonchev–Trinajstić information content (AvgIpc) is 1.94. The van der Waals surface area contributed by atoms with Crippen LogP contribution in [0.15, 0.2) is 11.0 Å². The standard InChI is InChI=1S/C6H6N2O3/c1-3-5(9)8-4(2-7-3)6(10)11/h2H,1H3,(H,8,9)(H,10,11). The fourth-order valence-electron chi connectivity index (χ4n) is 0.574. The van der Waals surface area contributed by atoms with Gasteiger partial charge in [-0.25, -0.2) is 4.79 Å². The van der Waals surface area contributed by atoms with Gasteiger partial charge in [-0.1, -0.05) is 0 Å². The predicted molar refractivity (Wildman–Crippen MR) is 36.6 cm³/mol. The van der Waals surface area contributed by atoms with Crippen molar-refractivity contribution < 1.29 is 9.90 Å². The Morgan fingerprint density at radius 3 is 2.82 bits per heavy atom. The second-order valence-corrected chi connectivity index (χ2v) is 2.02. The molecule has 11 heavy (non-hydrogen) atoms. The van der Waals surface area contributed by atoms with E-state index in [-0.39, 0.29) is 11.4 Å². The zero-order valence-electron chi connectivity index (χ0n) is 5.79. The van der Waals surface area contributed by atoms with Crippen molar-refractivity contribution in [1.82, 2.24) is 9.97 Å². The first-order valence-electron chi connectivity index (χ1n) is 2.90. The minimum absolute atomic E-state index is 0.194. The third-order valence-corrected chi connectivity index (χ3v) is 1.19. The molecular weight excluding hydrogens is 148 g/mol. The second-order valence-electron chi connectivity index (χ2n) is 2.02. The lowest BCUT2D eigenvalue weighted by atomic mass is 10.4. The van der Waals surface area contributed by atoms with E-state index in [9.17, 15) is 9.59 Å². The summed E-state index contributed by atoms with van der Waals surface area (Å²) in [5, 5.41) is 8.39. The molecule has 1 heterocycles. The number of rotatable bonds is 1. The molecule has 1 aromatic heterocycles. The van der Waals surface area contributed by atoms with Crippen LogP contribution in [-0.4, -0.2) is 21.0 Å². The zero-order chi connectivity index (χ0) is 8.43. The van der Waals surface area contributed by atoms with Crippen LogP contribution in [-0.2, 0) is 0 Å². The first kappa shape index (κ1) is 7.46. The molecule has 0 aliphatic rings. The van der Waals surface area contributed by atoms with Crippen molar-refractivity contribution in [2.45, 2.75) is 6.92 Å². The molecule has 0 spiro atoms. The van der Waals surface area contributed by atoms with Crippen LogP contribution in [0.25, 0.3) is 0 Å². The normalized spacial score (nSPS) is 9.55. The Morgan fingerprint density at radius 2 is 2.36 bits per heavy atom. The minimum Gasteiger partial charge on any atom is -0.477 e. The van der Waals surface area contributed by atoms with Crippen LogP contribution >= 0.6 is 0 Å². The number of aromatic nitrogens is 2. The number of aromatic amines is 1. The van der Waals surface area contributed by atoms with E-state index >= 15 is 0 Å². The average molecular weight is 154 g/mol. The Bertz CT molecular complexity index is 342. The Hall–Kier alpha value is -1.65. The molecule has 0 aliphatic carbocycles. The van der Waals surface area contributed by atoms with Gasteiger partial charge in [-0.05, 0) is 6.92 Å². The van der Waals surface area contributed by atoms with E-state index < -0.39 is 11.5 Å². The largest absolute Gasteiger partial charge is 0.477 e. The summed E-state index contributed by atoms with van der Waals surface area (Å²) < 4.78 is 0. The van der Waals surface area contributed by atoms with E-state index in [1.165, 1.54) is 6.92 Å². The number of carboxylic acids is 1. The van der Waals surface area contributed by atoms with Gasteiger partial charge in [0.1, 0.15) is 11.4 Å². The number of nitrogens with one attached hydrogen (secondary N) is 1. The maximum Gasteiger partial charge on any atom is 0.354 e. The molecule has 0 saturated carbocycles. The Morgan fingerprint density at radius 1 is 1.73 bits per heavy atom. The monoisotopic (exact) mass is 154 g/mol. The van der Waals surface area contributed by atoms with Crippen LogP contribution in [0.1, 0.15) is 16.2 Å². The fourth-order valence-corrected chi connectivity index (χ4v) is 0.574. The van der Waals surface area contributed by atoms with Crippen molar-refractivity contribution in [3.63, 3.8) is 0 Å². The quantitative estimate of drug-likeness (QED) is 0.585. The van der Waals surface area contributed by atoms with Gasteiger partial charge in [0.25, 0.3) is 5.56 Å². The van der Waals surface area contributed by atoms with Gasteiger partial charge in [-0.3, -0.25) is 9.78 Å². The molecule has 0 unspecified atom stereocenters. The van der Waals surface area contributed by atoms with Crippen LogP contribution in [0.2, 0.25) is 0 Å². The number of hydrogen-bond acceptors (Lipinski definition) is 3. The highest BCUT2D eigenvalue weighted by atomic mass is 16.4. The molecule has 0 fully saturated rings. The van der Waals surface area contributed by atoms with Crippen molar-refractivity contribution in [3.8, 4) is 0 Å². The van der Waals surface area contributed by atoms with Crippen molar-refractivity contribution in [3.05, 3.63) is 27.9 Å². The van der Waals surface area contributed by atoms with Gasteiger partial charge in [0, 0.05) is 0 Å². The molecule has 0 amide bonds. The van der Waals surface area contributed by atoms with Gasteiger partial charge < -0.3 is 10.1 Å². The number of aryl methyl sites for hydroxylation is 1. The van der Waals surface area contributed by atoms with Crippen LogP contribution in [0, 0.1) is 6.92 Å². The van der Waals surface area contributed by atoms with Gasteiger partial charge in [0.2, 0.25) is 0 Å². The summed E-state index contributed by atoms with van der Waals surface area (Å²) in [5.41, 5.74) is -0.402. The predicted octanol–water partition coefficient (Wildman–Crippen LogP) is -0.223. The van der Waals surface area contributed by atoms with E-state index in [2.05, 4.69) is 9.97 Å². The highest BCUT2D eigenvalue weighted by Crippen LogP contribution is 1.87. The van der Waals surface area contributed by atoms with E-state index in [1.807, 2.05) is 0 Å². The fraction of sp³-hybridized carbons (Fsp3) is 0.167. The topological polar surface area (TPSA) is 83.0 Å². The van der Waals surface area contributed by atoms with Gasteiger partial charge in [0.05, 0.1) is 6.20 Å². The number of nitrogens with zero attached hydrogens (tertiary/aromatic N) is 1. The van der Waals surface area contributed by atoms with Gasteiger partial charge >= 0.3 is 5.97 Å². The third-order valence-electron chi connectivity index (χ3n) is 1.19. The molecule has 2 N–H and O–H groups in total. The SMILES string of the molecule is Cc1ncc(C(=O)O)[nH]c1=O. The van der Waals surface area contributed by atoms with E-state index in [0.29, 0.717) is 0 Å². The zero-order valence-corrected chi connectivity index (χ0v) is 5.79. The summed E-state index contributed by atoms with van der Waals surface area (Å²) in [5.74, 6) is -1.19. The second kappa shape index (κ2) is 2.53. The minimum atomic E-state index is -1.19. The summed E-state index contributed by atoms with van der Waals surface area (Å²) in [6, 6.07) is 0. The number of aromatic carboxylic acids is 1. The highest BCUT2D eigenvalue weighted by Gasteiger charge is 2.03. The molecule has 0 atom stereocenters. The third kappa shape index (κ3) is 1.43. The maximum atomic E-state index is 10.8. The van der Waals surface area contributed by atoms with Crippen LogP contribution in [0.5, 0.6) is 0 Å². The molecule has 0 bridgehead atoms. The number of H-pyrrole nitrogens is 1. The van der Waals surface area contributed by atoms with Crippen molar-refractivity contribution in [2.75, 3.05) is 0 Å². The Balaban J connectivity index is 3.26. The molecule has 5 heteroatoms. The lowest BCUT2D eigenvalue weighted by Crippen LogP contribution is -2.16. The molecule has 1 rings (SSSR count). The summed E-state index contributed by atoms with van der Waals surface area (Å²) in [6.07, 6.45) is 1.11. The molecule has 0 saturated heterocycles. The summed E-state index contributed by atoms with van der Waals surface area (Å²) in [6.45, 7) is 1.50. The summed E-state index contributed by atoms with van der Waals surface area (Å²) >= 11 is 0. The van der Waals surface area contributed by atoms with E-state index in [0.717, 1.165) is 6.20 Å². The van der Waals surface area contributed by atoms with Crippen LogP contribution in [0.3, 0.4) is 0 Å². The molecule has 0 aromatic carbocycles. The molecular formula is C6H6N2O3. The Labute approximate surface area is 61.7 Å². The van der Waals surface area contributed by atoms with Crippen LogP contribution < -0.4 is 5.56 Å². The van der Waals surface area contributed by atoms with Crippen LogP contribution in [0.4, 0.5) is 0 Å². The molecule has 0 aliphatic heterocycles. The number of carboxylic acid groups (broad SMARTS) is 1. The lowest BCUT2D eigenvalue weighted by Gasteiger charge is -1.92. The first-order valence-corrected chi connectivity index (χ1v) is 2.90. The van der Waals surface area contributed by atoms with Crippen molar-refractivity contribution >= 4 is 5.97 Å². The number of carbonyl (C=O) groups is 1. The highest BCUT2D eigenvalue weighted by molar-refractivity contribution is 5.84. The van der Waals surface area contributed by atoms with Crippen molar-refractivity contribution in [2.24, 2.45) is 0 Å². The number of hydrogen-bond donors (Lipinski definition) is 2. The summed E-state index contributed by atoms with van der Waals surface area (Å²) in [7, 11) is 0. The van der Waals surface area contributed by atoms with E-state index in [1.54, 1.807) is 0 Å². The van der Waals surface area contributed by atoms with Gasteiger partial charge in [-0.15, -0.1) is 0 Å². The Kier molecular flexibility index (Phi) is 1.72. The van der Waals surface area contributed by atoms with E-state index in [4.69, 9.17) is 5.11 Å². The van der Waals surface area contributed by atoms with Crippen molar-refractivity contribution in [1.29, 1.82) is 0 Å². The molecule has 1 aromatic rings. The first-order chi connectivity index (χ1) is 5.11. The maximum absolute atomic E-state index is 10.8. The smallest absolute Gasteiger partial charge is 0.354 e. The molecule has 5 nitrogen and oxygen atoms in total. The molecule has 58 valence electrons. The lowest BCUT2D eigenvalue weighted by molar-refractivity contribution is 0.0689. The van der Waals surface area contributed by atoms with Gasteiger partial charge in [0.15, 0.2) is 0 Å².